The minimum Gasteiger partial charge on any atom is -0.486 e. The Bertz CT molecular complexity index is 1130. The first-order chi connectivity index (χ1) is 15.4. The highest BCUT2D eigenvalue weighted by Gasteiger charge is 2.26. The van der Waals surface area contributed by atoms with Gasteiger partial charge in [0, 0.05) is 22.9 Å². The van der Waals surface area contributed by atoms with Crippen LogP contribution in [0.2, 0.25) is 5.02 Å². The number of ketones is 1. The zero-order chi connectivity index (χ0) is 23.1. The molecule has 8 heteroatoms. The number of nitrogens with zero attached hydrogens (tertiary/aromatic N) is 1. The quantitative estimate of drug-likeness (QED) is 0.138. The lowest BCUT2D eigenvalue weighted by molar-refractivity contribution is -0.116. The fraction of sp³-hybridized carbons (Fsp3) is 0.208. The second-order valence-corrected chi connectivity index (χ2v) is 8.62. The van der Waals surface area contributed by atoms with E-state index in [4.69, 9.17) is 21.5 Å². The fourth-order valence-electron chi connectivity index (χ4n) is 3.19. The van der Waals surface area contributed by atoms with Gasteiger partial charge in [0.1, 0.15) is 11.9 Å². The number of amides is 1. The largest absolute Gasteiger partial charge is 0.486 e. The maximum atomic E-state index is 12.2. The van der Waals surface area contributed by atoms with Crippen LogP contribution >= 0.6 is 22.9 Å². The van der Waals surface area contributed by atoms with Crippen molar-refractivity contribution in [2.24, 2.45) is 5.16 Å². The van der Waals surface area contributed by atoms with Gasteiger partial charge in [-0.25, -0.2) is 0 Å². The highest BCUT2D eigenvalue weighted by Crippen LogP contribution is 2.41. The average molecular weight is 471 g/mol. The molecule has 0 bridgehead atoms. The zero-order valence-electron chi connectivity index (χ0n) is 17.7. The summed E-state index contributed by atoms with van der Waals surface area (Å²) >= 11 is 7.88. The molecule has 6 nitrogen and oxygen atoms in total. The van der Waals surface area contributed by atoms with E-state index in [1.165, 1.54) is 23.6 Å². The van der Waals surface area contributed by atoms with E-state index in [0.717, 1.165) is 16.0 Å². The molecular formula is C24H23ClN2O4S. The van der Waals surface area contributed by atoms with Crippen molar-refractivity contribution < 1.29 is 19.5 Å². The van der Waals surface area contributed by atoms with E-state index in [1.54, 1.807) is 25.2 Å². The van der Waals surface area contributed by atoms with E-state index in [0.29, 0.717) is 34.2 Å². The number of Topliss-reactive ketones (excluding diaryl/α,β-unsaturated/α-hetero) is 1. The Morgan fingerprint density at radius 3 is 2.84 bits per heavy atom. The molecule has 1 unspecified atom stereocenters. The van der Waals surface area contributed by atoms with Gasteiger partial charge >= 0.3 is 0 Å². The molecule has 1 aliphatic heterocycles. The van der Waals surface area contributed by atoms with Crippen molar-refractivity contribution in [2.45, 2.75) is 26.4 Å². The van der Waals surface area contributed by atoms with Crippen molar-refractivity contribution in [3.63, 3.8) is 0 Å². The number of halogens is 1. The van der Waals surface area contributed by atoms with Gasteiger partial charge < -0.3 is 15.3 Å². The van der Waals surface area contributed by atoms with Crippen LogP contribution in [0.4, 0.5) is 0 Å². The molecule has 0 radical (unpaired) electrons. The number of hydrogen-bond donors (Lipinski definition) is 2. The Kier molecular flexibility index (Phi) is 8.03. The van der Waals surface area contributed by atoms with Gasteiger partial charge in [0.15, 0.2) is 5.78 Å². The Morgan fingerprint density at radius 1 is 1.34 bits per heavy atom. The van der Waals surface area contributed by atoms with Gasteiger partial charge in [0.05, 0.1) is 22.7 Å². The van der Waals surface area contributed by atoms with Crippen LogP contribution in [0.3, 0.4) is 0 Å². The number of rotatable bonds is 8. The minimum atomic E-state index is -0.288. The third-order valence-corrected chi connectivity index (χ3v) is 6.23. The smallest absolute Gasteiger partial charge is 0.244 e. The number of benzene rings is 1. The molecule has 0 aliphatic carbocycles. The second-order valence-electron chi connectivity index (χ2n) is 7.13. The monoisotopic (exact) mass is 470 g/mol. The molecule has 2 aromatic rings. The molecule has 1 atom stereocenters. The lowest BCUT2D eigenvalue weighted by atomic mass is 10.1. The van der Waals surface area contributed by atoms with Crippen LogP contribution in [0.25, 0.3) is 10.4 Å². The predicted octanol–water partition coefficient (Wildman–Crippen LogP) is 5.21. The Balaban J connectivity index is 1.62. The van der Waals surface area contributed by atoms with E-state index in [9.17, 15) is 9.59 Å². The summed E-state index contributed by atoms with van der Waals surface area (Å²) in [5.74, 6) is 0.378. The van der Waals surface area contributed by atoms with E-state index < -0.39 is 0 Å². The van der Waals surface area contributed by atoms with Crippen LogP contribution < -0.4 is 10.1 Å². The maximum Gasteiger partial charge on any atom is 0.244 e. The summed E-state index contributed by atoms with van der Waals surface area (Å²) in [6.45, 7) is 3.73. The van der Waals surface area contributed by atoms with Crippen LogP contribution in [0.15, 0.2) is 65.4 Å². The molecule has 32 heavy (non-hydrogen) atoms. The summed E-state index contributed by atoms with van der Waals surface area (Å²) < 4.78 is 5.94. The van der Waals surface area contributed by atoms with E-state index in [-0.39, 0.29) is 17.8 Å². The number of thiophene rings is 1. The molecule has 0 saturated heterocycles. The third-order valence-electron chi connectivity index (χ3n) is 4.71. The predicted molar refractivity (Wildman–Crippen MR) is 128 cm³/mol. The molecule has 1 aromatic carbocycles. The number of carbonyl (C=O) groups is 2. The SMILES string of the molecule is C\C=C/C=C(/C=C/C(=O)NCC1Cc2cc(-c3ccc(C(C)=O)s3)cc(Cl)c2O1)\C=N\O. The lowest BCUT2D eigenvalue weighted by Gasteiger charge is -2.11. The molecular weight excluding hydrogens is 448 g/mol. The van der Waals surface area contributed by atoms with Crippen molar-refractivity contribution >= 4 is 40.8 Å². The lowest BCUT2D eigenvalue weighted by Crippen LogP contribution is -2.33. The standard InChI is InChI=1S/C24H23ClN2O4S/c1-3-4-5-16(13-27-30)6-9-23(29)26-14-19-11-18-10-17(12-20(25)24(18)31-19)22-8-7-21(32-22)15(2)28/h3-10,12-13,19,30H,11,14H2,1-2H3,(H,26,29)/b4-3-,9-6+,16-5-,27-13+. The highest BCUT2D eigenvalue weighted by atomic mass is 35.5. The van der Waals surface area contributed by atoms with Crippen LogP contribution in [0, 0.1) is 0 Å². The Labute approximate surface area is 195 Å². The van der Waals surface area contributed by atoms with Crippen LogP contribution in [-0.4, -0.2) is 35.8 Å². The van der Waals surface area contributed by atoms with Crippen molar-refractivity contribution in [1.82, 2.24) is 5.32 Å². The number of nitrogens with one attached hydrogen (secondary N) is 1. The molecule has 2 N–H and O–H groups in total. The average Bonchev–Trinajstić information content (AvgIpc) is 3.41. The molecule has 0 spiro atoms. The van der Waals surface area contributed by atoms with Crippen molar-refractivity contribution in [1.29, 1.82) is 0 Å². The number of allylic oxidation sites excluding steroid dienone is 5. The fourth-order valence-corrected chi connectivity index (χ4v) is 4.36. The summed E-state index contributed by atoms with van der Waals surface area (Å²) in [4.78, 5) is 25.4. The van der Waals surface area contributed by atoms with Crippen molar-refractivity contribution in [3.8, 4) is 16.2 Å². The zero-order valence-corrected chi connectivity index (χ0v) is 19.2. The van der Waals surface area contributed by atoms with E-state index in [1.807, 2.05) is 37.3 Å². The Hall–Kier alpha value is -3.16. The summed E-state index contributed by atoms with van der Waals surface area (Å²) in [7, 11) is 0. The number of fused-ring (bicyclic) bond motifs is 1. The number of hydrogen-bond acceptors (Lipinski definition) is 6. The molecule has 1 aliphatic rings. The summed E-state index contributed by atoms with van der Waals surface area (Å²) in [5, 5.41) is 15.0. The first kappa shape index (κ1) is 23.5. The third kappa shape index (κ3) is 5.96. The van der Waals surface area contributed by atoms with Gasteiger partial charge in [0.25, 0.3) is 0 Å². The van der Waals surface area contributed by atoms with Gasteiger partial charge in [-0.3, -0.25) is 9.59 Å². The van der Waals surface area contributed by atoms with Gasteiger partial charge in [-0.2, -0.15) is 0 Å². The summed E-state index contributed by atoms with van der Waals surface area (Å²) in [6.07, 6.45) is 9.86. The number of oxime groups is 1. The molecule has 0 fully saturated rings. The van der Waals surface area contributed by atoms with Gasteiger partial charge in [0.2, 0.25) is 5.91 Å². The topological polar surface area (TPSA) is 88.0 Å². The highest BCUT2D eigenvalue weighted by molar-refractivity contribution is 7.17. The molecule has 1 amide bonds. The van der Waals surface area contributed by atoms with Crippen molar-refractivity contribution in [2.75, 3.05) is 6.54 Å². The van der Waals surface area contributed by atoms with Crippen molar-refractivity contribution in [3.05, 3.63) is 75.7 Å². The Morgan fingerprint density at radius 2 is 2.16 bits per heavy atom. The minimum absolute atomic E-state index is 0.0368. The van der Waals surface area contributed by atoms with Crippen LogP contribution in [-0.2, 0) is 11.2 Å². The van der Waals surface area contributed by atoms with Gasteiger partial charge in [-0.05, 0) is 55.3 Å². The molecule has 2 heterocycles. The number of carbonyl (C=O) groups excluding carboxylic acids is 2. The normalized spacial score (nSPS) is 16.1. The summed E-state index contributed by atoms with van der Waals surface area (Å²) in [6, 6.07) is 7.59. The summed E-state index contributed by atoms with van der Waals surface area (Å²) in [5.41, 5.74) is 2.48. The van der Waals surface area contributed by atoms with Crippen LogP contribution in [0.5, 0.6) is 5.75 Å². The van der Waals surface area contributed by atoms with Crippen LogP contribution in [0.1, 0.15) is 29.1 Å². The number of ether oxygens (including phenoxy) is 1. The molecule has 1 aromatic heterocycles. The van der Waals surface area contributed by atoms with Gasteiger partial charge in [-0.15, -0.1) is 11.3 Å². The molecule has 0 saturated carbocycles. The second kappa shape index (κ2) is 10.9. The first-order valence-corrected chi connectivity index (χ1v) is 11.2. The first-order valence-electron chi connectivity index (χ1n) is 9.97. The molecule has 166 valence electrons. The van der Waals surface area contributed by atoms with E-state index >= 15 is 0 Å². The maximum absolute atomic E-state index is 12.2. The van der Waals surface area contributed by atoms with E-state index in [2.05, 4.69) is 10.5 Å². The van der Waals surface area contributed by atoms with Gasteiger partial charge in [-0.1, -0.05) is 35.0 Å². The molecule has 3 rings (SSSR count).